The monoisotopic (exact) mass is 288 g/mol. The maximum Gasteiger partial charge on any atom is 0.262 e. The molecule has 0 unspecified atom stereocenters. The zero-order valence-electron chi connectivity index (χ0n) is 12.0. The van der Waals surface area contributed by atoms with Crippen LogP contribution in [0.2, 0.25) is 0 Å². The summed E-state index contributed by atoms with van der Waals surface area (Å²) in [5.41, 5.74) is 1.51. The second-order valence-corrected chi connectivity index (χ2v) is 4.44. The van der Waals surface area contributed by atoms with Gasteiger partial charge in [-0.15, -0.1) is 5.10 Å². The SMILES string of the molecule is COc1nn(C)cc1C(=O)Nc1cccc(NC(C)=O)c1. The Morgan fingerprint density at radius 1 is 1.24 bits per heavy atom. The maximum absolute atomic E-state index is 12.2. The Balaban J connectivity index is 2.17. The fourth-order valence-electron chi connectivity index (χ4n) is 1.85. The molecule has 0 aliphatic rings. The third kappa shape index (κ3) is 3.59. The molecule has 21 heavy (non-hydrogen) atoms. The lowest BCUT2D eigenvalue weighted by molar-refractivity contribution is -0.114. The number of methoxy groups -OCH3 is 1. The number of carbonyl (C=O) groups is 2. The zero-order valence-corrected chi connectivity index (χ0v) is 12.0. The molecule has 0 saturated heterocycles. The van der Waals surface area contributed by atoms with Gasteiger partial charge < -0.3 is 15.4 Å². The van der Waals surface area contributed by atoms with E-state index in [9.17, 15) is 9.59 Å². The number of hydrogen-bond acceptors (Lipinski definition) is 4. The van der Waals surface area contributed by atoms with E-state index < -0.39 is 0 Å². The van der Waals surface area contributed by atoms with Crippen molar-refractivity contribution in [1.29, 1.82) is 0 Å². The standard InChI is InChI=1S/C14H16N4O3/c1-9(19)15-10-5-4-6-11(7-10)16-13(20)12-8-18(2)17-14(12)21-3/h4-8H,1-3H3,(H,15,19)(H,16,20). The quantitative estimate of drug-likeness (QED) is 0.895. The summed E-state index contributed by atoms with van der Waals surface area (Å²) in [5, 5.41) is 9.42. The van der Waals surface area contributed by atoms with Crippen molar-refractivity contribution in [3.8, 4) is 5.88 Å². The van der Waals surface area contributed by atoms with E-state index in [0.29, 0.717) is 16.9 Å². The van der Waals surface area contributed by atoms with Crippen molar-refractivity contribution in [2.24, 2.45) is 7.05 Å². The van der Waals surface area contributed by atoms with Crippen LogP contribution in [0.15, 0.2) is 30.5 Å². The number of amides is 2. The number of rotatable bonds is 4. The van der Waals surface area contributed by atoms with E-state index in [2.05, 4.69) is 15.7 Å². The number of carbonyl (C=O) groups excluding carboxylic acids is 2. The highest BCUT2D eigenvalue weighted by Gasteiger charge is 2.16. The molecule has 0 fully saturated rings. The van der Waals surface area contributed by atoms with Crippen LogP contribution in [0.4, 0.5) is 11.4 Å². The van der Waals surface area contributed by atoms with Gasteiger partial charge in [0.15, 0.2) is 0 Å². The molecule has 2 N–H and O–H groups in total. The lowest BCUT2D eigenvalue weighted by atomic mass is 10.2. The number of nitrogens with one attached hydrogen (secondary N) is 2. The van der Waals surface area contributed by atoms with Crippen LogP contribution in [0.5, 0.6) is 5.88 Å². The van der Waals surface area contributed by atoms with Gasteiger partial charge in [0.1, 0.15) is 5.56 Å². The Kier molecular flexibility index (Phi) is 4.22. The predicted molar refractivity (Wildman–Crippen MR) is 78.5 cm³/mol. The molecule has 110 valence electrons. The molecule has 1 aromatic heterocycles. The van der Waals surface area contributed by atoms with Crippen LogP contribution < -0.4 is 15.4 Å². The smallest absolute Gasteiger partial charge is 0.262 e. The summed E-state index contributed by atoms with van der Waals surface area (Å²) < 4.78 is 6.55. The van der Waals surface area contributed by atoms with Gasteiger partial charge in [0.2, 0.25) is 11.8 Å². The molecule has 7 nitrogen and oxygen atoms in total. The van der Waals surface area contributed by atoms with Crippen molar-refractivity contribution in [2.45, 2.75) is 6.92 Å². The van der Waals surface area contributed by atoms with Crippen LogP contribution in [-0.4, -0.2) is 28.7 Å². The van der Waals surface area contributed by atoms with Gasteiger partial charge in [-0.1, -0.05) is 6.07 Å². The fraction of sp³-hybridized carbons (Fsp3) is 0.214. The number of anilines is 2. The van der Waals surface area contributed by atoms with Crippen LogP contribution in [0.25, 0.3) is 0 Å². The first-order valence-electron chi connectivity index (χ1n) is 6.26. The first-order valence-corrected chi connectivity index (χ1v) is 6.26. The Hall–Kier alpha value is -2.83. The topological polar surface area (TPSA) is 85.2 Å². The fourth-order valence-corrected chi connectivity index (χ4v) is 1.85. The molecule has 1 aromatic carbocycles. The van der Waals surface area contributed by atoms with Crippen LogP contribution in [0, 0.1) is 0 Å². The number of hydrogen-bond donors (Lipinski definition) is 2. The molecule has 0 aliphatic heterocycles. The summed E-state index contributed by atoms with van der Waals surface area (Å²) in [7, 11) is 3.16. The molecule has 0 spiro atoms. The van der Waals surface area contributed by atoms with E-state index in [1.807, 2.05) is 0 Å². The van der Waals surface area contributed by atoms with Crippen LogP contribution in [-0.2, 0) is 11.8 Å². The van der Waals surface area contributed by atoms with Crippen LogP contribution in [0.3, 0.4) is 0 Å². The van der Waals surface area contributed by atoms with Crippen molar-refractivity contribution < 1.29 is 14.3 Å². The third-order valence-electron chi connectivity index (χ3n) is 2.67. The number of benzene rings is 1. The highest BCUT2D eigenvalue weighted by atomic mass is 16.5. The summed E-state index contributed by atoms with van der Waals surface area (Å²) in [6.07, 6.45) is 1.58. The van der Waals surface area contributed by atoms with Crippen molar-refractivity contribution in [3.63, 3.8) is 0 Å². The van der Waals surface area contributed by atoms with E-state index in [0.717, 1.165) is 0 Å². The van der Waals surface area contributed by atoms with Crippen molar-refractivity contribution >= 4 is 23.2 Å². The van der Waals surface area contributed by atoms with Gasteiger partial charge in [0, 0.05) is 31.5 Å². The summed E-state index contributed by atoms with van der Waals surface area (Å²) in [5.74, 6) is -0.250. The molecular weight excluding hydrogens is 272 g/mol. The number of aromatic nitrogens is 2. The molecule has 0 atom stereocenters. The minimum Gasteiger partial charge on any atom is -0.479 e. The average molecular weight is 288 g/mol. The predicted octanol–water partition coefficient (Wildman–Crippen LogP) is 1.64. The molecule has 0 bridgehead atoms. The lowest BCUT2D eigenvalue weighted by Crippen LogP contribution is -2.13. The minimum atomic E-state index is -0.333. The third-order valence-corrected chi connectivity index (χ3v) is 2.67. The first-order chi connectivity index (χ1) is 9.99. The van der Waals surface area contributed by atoms with E-state index in [1.54, 1.807) is 37.5 Å². The van der Waals surface area contributed by atoms with Gasteiger partial charge in [-0.3, -0.25) is 14.3 Å². The Morgan fingerprint density at radius 3 is 2.52 bits per heavy atom. The summed E-state index contributed by atoms with van der Waals surface area (Å²) in [6.45, 7) is 1.42. The van der Waals surface area contributed by atoms with E-state index in [1.165, 1.54) is 18.7 Å². The van der Waals surface area contributed by atoms with E-state index >= 15 is 0 Å². The van der Waals surface area contributed by atoms with E-state index in [4.69, 9.17) is 4.74 Å². The highest BCUT2D eigenvalue weighted by molar-refractivity contribution is 6.06. The summed E-state index contributed by atoms with van der Waals surface area (Å²) in [6, 6.07) is 6.87. The Bertz CT molecular complexity index is 679. The van der Waals surface area contributed by atoms with Crippen LogP contribution >= 0.6 is 0 Å². The van der Waals surface area contributed by atoms with Gasteiger partial charge in [0.05, 0.1) is 7.11 Å². The average Bonchev–Trinajstić information content (AvgIpc) is 2.79. The number of aryl methyl sites for hydroxylation is 1. The lowest BCUT2D eigenvalue weighted by Gasteiger charge is -2.07. The first kappa shape index (κ1) is 14.6. The van der Waals surface area contributed by atoms with Crippen molar-refractivity contribution in [3.05, 3.63) is 36.0 Å². The van der Waals surface area contributed by atoms with E-state index in [-0.39, 0.29) is 17.7 Å². The van der Waals surface area contributed by atoms with Crippen molar-refractivity contribution in [1.82, 2.24) is 9.78 Å². The van der Waals surface area contributed by atoms with Crippen LogP contribution in [0.1, 0.15) is 17.3 Å². The molecule has 0 saturated carbocycles. The molecule has 7 heteroatoms. The van der Waals surface area contributed by atoms with Gasteiger partial charge in [-0.2, -0.15) is 0 Å². The molecule has 0 aliphatic carbocycles. The molecular formula is C14H16N4O3. The normalized spacial score (nSPS) is 10.0. The maximum atomic E-state index is 12.2. The summed E-state index contributed by atoms with van der Waals surface area (Å²) in [4.78, 5) is 23.2. The van der Waals surface area contributed by atoms with Gasteiger partial charge in [-0.05, 0) is 18.2 Å². The molecule has 2 aromatic rings. The zero-order chi connectivity index (χ0) is 15.4. The Labute approximate surface area is 121 Å². The van der Waals surface area contributed by atoms with Gasteiger partial charge in [0.25, 0.3) is 5.91 Å². The largest absolute Gasteiger partial charge is 0.479 e. The molecule has 2 rings (SSSR count). The second-order valence-electron chi connectivity index (χ2n) is 4.44. The minimum absolute atomic E-state index is 0.174. The number of nitrogens with zero attached hydrogens (tertiary/aromatic N) is 2. The second kappa shape index (κ2) is 6.08. The molecule has 2 amide bonds. The highest BCUT2D eigenvalue weighted by Crippen LogP contribution is 2.19. The van der Waals surface area contributed by atoms with Gasteiger partial charge >= 0.3 is 0 Å². The molecule has 0 radical (unpaired) electrons. The molecule has 1 heterocycles. The van der Waals surface area contributed by atoms with Gasteiger partial charge in [-0.25, -0.2) is 0 Å². The summed E-state index contributed by atoms with van der Waals surface area (Å²) >= 11 is 0. The Morgan fingerprint density at radius 2 is 1.90 bits per heavy atom. The number of ether oxygens (including phenoxy) is 1. The van der Waals surface area contributed by atoms with Crippen molar-refractivity contribution in [2.75, 3.05) is 17.7 Å².